The van der Waals surface area contributed by atoms with Gasteiger partial charge in [-0.25, -0.2) is 0 Å². The number of alkyl halides is 1. The van der Waals surface area contributed by atoms with Crippen molar-refractivity contribution in [2.45, 2.75) is 12.8 Å². The van der Waals surface area contributed by atoms with Gasteiger partial charge in [-0.15, -0.1) is 16.7 Å². The fourth-order valence-electron chi connectivity index (χ4n) is 1.70. The first-order valence-corrected chi connectivity index (χ1v) is 6.11. The van der Waals surface area contributed by atoms with E-state index in [4.69, 9.17) is 16.0 Å². The van der Waals surface area contributed by atoms with Crippen molar-refractivity contribution in [3.63, 3.8) is 0 Å². The summed E-state index contributed by atoms with van der Waals surface area (Å²) in [4.78, 5) is 15.2. The van der Waals surface area contributed by atoms with Gasteiger partial charge in [0.1, 0.15) is 6.54 Å². The SMILES string of the molecule is CN1CCCN(c2nnc(CCCl)o2)CC1=O. The molecule has 1 aromatic heterocycles. The monoisotopic (exact) mass is 258 g/mol. The molecule has 1 aliphatic heterocycles. The number of anilines is 1. The first-order chi connectivity index (χ1) is 8.20. The van der Waals surface area contributed by atoms with Crippen molar-refractivity contribution in [1.29, 1.82) is 0 Å². The third-order valence-corrected chi connectivity index (χ3v) is 2.90. The van der Waals surface area contributed by atoms with Crippen LogP contribution in [0.25, 0.3) is 0 Å². The van der Waals surface area contributed by atoms with Crippen molar-refractivity contribution >= 4 is 23.5 Å². The fourth-order valence-corrected chi connectivity index (χ4v) is 1.87. The number of halogens is 1. The normalized spacial score (nSPS) is 17.4. The molecule has 1 fully saturated rings. The van der Waals surface area contributed by atoms with Crippen LogP contribution in [0, 0.1) is 0 Å². The van der Waals surface area contributed by atoms with E-state index >= 15 is 0 Å². The summed E-state index contributed by atoms with van der Waals surface area (Å²) in [5.41, 5.74) is 0. The highest BCUT2D eigenvalue weighted by molar-refractivity contribution is 6.17. The molecule has 1 amide bonds. The van der Waals surface area contributed by atoms with E-state index in [1.54, 1.807) is 11.9 Å². The maximum Gasteiger partial charge on any atom is 0.318 e. The average molecular weight is 259 g/mol. The Hall–Kier alpha value is -1.30. The van der Waals surface area contributed by atoms with Gasteiger partial charge in [0.05, 0.1) is 0 Å². The molecule has 0 aliphatic carbocycles. The molecule has 0 N–H and O–H groups in total. The second-order valence-corrected chi connectivity index (χ2v) is 4.39. The molecule has 0 bridgehead atoms. The molecule has 0 unspecified atom stereocenters. The van der Waals surface area contributed by atoms with Gasteiger partial charge in [-0.2, -0.15) is 0 Å². The summed E-state index contributed by atoms with van der Waals surface area (Å²) in [5.74, 6) is 1.03. The third-order valence-electron chi connectivity index (χ3n) is 2.71. The Balaban J connectivity index is 2.07. The van der Waals surface area contributed by atoms with Crippen molar-refractivity contribution in [3.8, 4) is 0 Å². The molecular weight excluding hydrogens is 244 g/mol. The molecule has 1 saturated heterocycles. The summed E-state index contributed by atoms with van der Waals surface area (Å²) in [6.07, 6.45) is 1.45. The fraction of sp³-hybridized carbons (Fsp3) is 0.700. The first-order valence-electron chi connectivity index (χ1n) is 5.58. The Kier molecular flexibility index (Phi) is 3.83. The number of hydrogen-bond acceptors (Lipinski definition) is 5. The first kappa shape index (κ1) is 12.2. The van der Waals surface area contributed by atoms with Crippen molar-refractivity contribution in [2.24, 2.45) is 0 Å². The second kappa shape index (κ2) is 5.35. The minimum atomic E-state index is 0.0691. The molecule has 2 heterocycles. The van der Waals surface area contributed by atoms with Crippen LogP contribution in [0.3, 0.4) is 0 Å². The molecule has 0 saturated carbocycles. The van der Waals surface area contributed by atoms with E-state index in [0.29, 0.717) is 30.8 Å². The maximum absolute atomic E-state index is 11.7. The molecule has 7 heteroatoms. The van der Waals surface area contributed by atoms with Crippen LogP contribution in [0.15, 0.2) is 4.42 Å². The number of carbonyl (C=O) groups is 1. The van der Waals surface area contributed by atoms with Crippen LogP contribution in [0.1, 0.15) is 12.3 Å². The zero-order valence-electron chi connectivity index (χ0n) is 9.73. The molecule has 0 spiro atoms. The van der Waals surface area contributed by atoms with Crippen LogP contribution < -0.4 is 4.90 Å². The van der Waals surface area contributed by atoms with Gasteiger partial charge in [0, 0.05) is 32.4 Å². The number of hydrogen-bond donors (Lipinski definition) is 0. The smallest absolute Gasteiger partial charge is 0.318 e. The number of amides is 1. The molecule has 17 heavy (non-hydrogen) atoms. The highest BCUT2D eigenvalue weighted by Gasteiger charge is 2.22. The Labute approximate surface area is 105 Å². The number of likely N-dealkylation sites (N-methyl/N-ethyl adjacent to an activating group) is 1. The van der Waals surface area contributed by atoms with Crippen LogP contribution in [0.2, 0.25) is 0 Å². The van der Waals surface area contributed by atoms with Gasteiger partial charge in [0.15, 0.2) is 0 Å². The van der Waals surface area contributed by atoms with Crippen molar-refractivity contribution < 1.29 is 9.21 Å². The van der Waals surface area contributed by atoms with E-state index in [1.165, 1.54) is 0 Å². The van der Waals surface area contributed by atoms with Crippen LogP contribution in [-0.4, -0.2) is 53.6 Å². The molecule has 0 aromatic carbocycles. The van der Waals surface area contributed by atoms with E-state index < -0.39 is 0 Å². The van der Waals surface area contributed by atoms with E-state index in [9.17, 15) is 4.79 Å². The predicted molar refractivity (Wildman–Crippen MR) is 63.2 cm³/mol. The van der Waals surface area contributed by atoms with E-state index in [0.717, 1.165) is 19.5 Å². The predicted octanol–water partition coefficient (Wildman–Crippen LogP) is 0.519. The van der Waals surface area contributed by atoms with E-state index in [-0.39, 0.29) is 5.91 Å². The second-order valence-electron chi connectivity index (χ2n) is 4.01. The summed E-state index contributed by atoms with van der Waals surface area (Å²) >= 11 is 5.60. The minimum absolute atomic E-state index is 0.0691. The largest absolute Gasteiger partial charge is 0.408 e. The Morgan fingerprint density at radius 3 is 3.00 bits per heavy atom. The summed E-state index contributed by atoms with van der Waals surface area (Å²) in [5, 5.41) is 7.83. The molecule has 0 radical (unpaired) electrons. The van der Waals surface area contributed by atoms with Crippen LogP contribution in [0.5, 0.6) is 0 Å². The van der Waals surface area contributed by atoms with Crippen molar-refractivity contribution in [3.05, 3.63) is 5.89 Å². The van der Waals surface area contributed by atoms with E-state index in [1.807, 2.05) is 4.90 Å². The van der Waals surface area contributed by atoms with Crippen LogP contribution >= 0.6 is 11.6 Å². The maximum atomic E-state index is 11.7. The van der Waals surface area contributed by atoms with Gasteiger partial charge in [-0.1, -0.05) is 5.10 Å². The summed E-state index contributed by atoms with van der Waals surface area (Å²) < 4.78 is 5.45. The quantitative estimate of drug-likeness (QED) is 0.740. The molecule has 1 aliphatic rings. The number of rotatable bonds is 3. The number of nitrogens with zero attached hydrogens (tertiary/aromatic N) is 4. The summed E-state index contributed by atoms with van der Waals surface area (Å²) in [7, 11) is 1.80. The molecule has 0 atom stereocenters. The lowest BCUT2D eigenvalue weighted by molar-refractivity contribution is -0.127. The third kappa shape index (κ3) is 2.88. The van der Waals surface area contributed by atoms with Gasteiger partial charge in [0.25, 0.3) is 0 Å². The van der Waals surface area contributed by atoms with Gasteiger partial charge >= 0.3 is 6.01 Å². The molecule has 94 valence electrons. The lowest BCUT2D eigenvalue weighted by Crippen LogP contribution is -2.34. The lowest BCUT2D eigenvalue weighted by Gasteiger charge is -2.16. The average Bonchev–Trinajstić information content (AvgIpc) is 2.69. The Morgan fingerprint density at radius 1 is 1.41 bits per heavy atom. The van der Waals surface area contributed by atoms with Gasteiger partial charge < -0.3 is 14.2 Å². The number of aromatic nitrogens is 2. The Bertz CT molecular complexity index is 395. The molecule has 1 aromatic rings. The van der Waals surface area contributed by atoms with Gasteiger partial charge in [0.2, 0.25) is 11.8 Å². The summed E-state index contributed by atoms with van der Waals surface area (Å²) in [6, 6.07) is 0.411. The van der Waals surface area contributed by atoms with Crippen molar-refractivity contribution in [2.75, 3.05) is 37.5 Å². The number of carbonyl (C=O) groups excluding carboxylic acids is 1. The molecule has 6 nitrogen and oxygen atoms in total. The zero-order valence-corrected chi connectivity index (χ0v) is 10.5. The summed E-state index contributed by atoms with van der Waals surface area (Å²) in [6.45, 7) is 1.80. The van der Waals surface area contributed by atoms with Gasteiger partial charge in [-0.05, 0) is 6.42 Å². The standard InChI is InChI=1S/C10H15ClN4O2/c1-14-5-2-6-15(7-9(14)16)10-13-12-8(17-10)3-4-11/h2-7H2,1H3. The van der Waals surface area contributed by atoms with E-state index in [2.05, 4.69) is 10.2 Å². The zero-order chi connectivity index (χ0) is 12.3. The van der Waals surface area contributed by atoms with Crippen LogP contribution in [-0.2, 0) is 11.2 Å². The highest BCUT2D eigenvalue weighted by atomic mass is 35.5. The van der Waals surface area contributed by atoms with Gasteiger partial charge in [-0.3, -0.25) is 4.79 Å². The van der Waals surface area contributed by atoms with Crippen LogP contribution in [0.4, 0.5) is 6.01 Å². The lowest BCUT2D eigenvalue weighted by atomic mass is 10.4. The minimum Gasteiger partial charge on any atom is -0.408 e. The topological polar surface area (TPSA) is 62.5 Å². The molecular formula is C10H15ClN4O2. The Morgan fingerprint density at radius 2 is 2.24 bits per heavy atom. The molecule has 2 rings (SSSR count). The van der Waals surface area contributed by atoms with Crippen molar-refractivity contribution in [1.82, 2.24) is 15.1 Å². The number of aryl methyl sites for hydroxylation is 1. The highest BCUT2D eigenvalue weighted by Crippen LogP contribution is 2.15.